The summed E-state index contributed by atoms with van der Waals surface area (Å²) < 4.78 is 7.19. The third-order valence-corrected chi connectivity index (χ3v) is 4.38. The molecule has 26 heavy (non-hydrogen) atoms. The van der Waals surface area contributed by atoms with E-state index in [4.69, 9.17) is 4.74 Å². The number of ether oxygens (including phenoxy) is 1. The summed E-state index contributed by atoms with van der Waals surface area (Å²) in [6, 6.07) is 6.03. The second-order valence-electron chi connectivity index (χ2n) is 7.65. The lowest BCUT2D eigenvalue weighted by atomic mass is 9.86. The first-order valence-electron chi connectivity index (χ1n) is 8.61. The Morgan fingerprint density at radius 1 is 1.31 bits per heavy atom. The Bertz CT molecular complexity index is 806. The first-order chi connectivity index (χ1) is 12.0. The Morgan fingerprint density at radius 2 is 1.96 bits per heavy atom. The van der Waals surface area contributed by atoms with Gasteiger partial charge in [-0.3, -0.25) is 14.8 Å². The molecule has 0 bridgehead atoms. The van der Waals surface area contributed by atoms with Crippen molar-refractivity contribution in [2.45, 2.75) is 59.6 Å². The second-order valence-corrected chi connectivity index (χ2v) is 7.65. The van der Waals surface area contributed by atoms with Crippen molar-refractivity contribution in [1.29, 1.82) is 0 Å². The van der Waals surface area contributed by atoms with Gasteiger partial charge in [-0.25, -0.2) is 0 Å². The SMILES string of the molecule is Cc1cc(C(C)(C)C)ccc1OC[C@H](O)Cn1nc(C)c([N+](=O)[O-])c1C. The van der Waals surface area contributed by atoms with Gasteiger partial charge >= 0.3 is 5.69 Å². The van der Waals surface area contributed by atoms with Gasteiger partial charge in [0, 0.05) is 0 Å². The minimum Gasteiger partial charge on any atom is -0.491 e. The molecule has 0 spiro atoms. The standard InChI is InChI=1S/C19H27N3O4/c1-12-9-15(19(4,5)6)7-8-17(12)26-11-16(23)10-21-14(3)18(22(24)25)13(2)20-21/h7-9,16,23H,10-11H2,1-6H3/t16-/m1/s1. The van der Waals surface area contributed by atoms with Crippen molar-refractivity contribution >= 4 is 5.69 Å². The van der Waals surface area contributed by atoms with Crippen molar-refractivity contribution in [2.75, 3.05) is 6.61 Å². The highest BCUT2D eigenvalue weighted by Crippen LogP contribution is 2.27. The van der Waals surface area contributed by atoms with Crippen LogP contribution in [0.15, 0.2) is 18.2 Å². The molecule has 1 atom stereocenters. The van der Waals surface area contributed by atoms with Crippen LogP contribution >= 0.6 is 0 Å². The predicted molar refractivity (Wildman–Crippen MR) is 99.7 cm³/mol. The monoisotopic (exact) mass is 361 g/mol. The van der Waals surface area contributed by atoms with Crippen LogP contribution in [0.25, 0.3) is 0 Å². The van der Waals surface area contributed by atoms with Crippen molar-refractivity contribution in [3.05, 3.63) is 50.8 Å². The van der Waals surface area contributed by atoms with Crippen LogP contribution < -0.4 is 4.74 Å². The molecule has 7 heteroatoms. The fraction of sp³-hybridized carbons (Fsp3) is 0.526. The maximum absolute atomic E-state index is 11.1. The van der Waals surface area contributed by atoms with E-state index in [2.05, 4.69) is 31.9 Å². The molecule has 0 aliphatic heterocycles. The average Bonchev–Trinajstić information content (AvgIpc) is 2.79. The Kier molecular flexibility index (Phi) is 5.71. The van der Waals surface area contributed by atoms with Crippen LogP contribution in [0.2, 0.25) is 0 Å². The number of nitro groups is 1. The van der Waals surface area contributed by atoms with Crippen molar-refractivity contribution in [1.82, 2.24) is 9.78 Å². The fourth-order valence-electron chi connectivity index (χ4n) is 2.85. The van der Waals surface area contributed by atoms with E-state index in [9.17, 15) is 15.2 Å². The van der Waals surface area contributed by atoms with Gasteiger partial charge in [0.05, 0.1) is 11.5 Å². The van der Waals surface area contributed by atoms with Crippen LogP contribution in [-0.4, -0.2) is 32.5 Å². The lowest BCUT2D eigenvalue weighted by Gasteiger charge is -2.21. The number of aromatic nitrogens is 2. The fourth-order valence-corrected chi connectivity index (χ4v) is 2.85. The molecule has 1 heterocycles. The largest absolute Gasteiger partial charge is 0.491 e. The van der Waals surface area contributed by atoms with Crippen LogP contribution in [0.5, 0.6) is 5.75 Å². The average molecular weight is 361 g/mol. The van der Waals surface area contributed by atoms with Crippen molar-refractivity contribution < 1.29 is 14.8 Å². The lowest BCUT2D eigenvalue weighted by Crippen LogP contribution is -2.25. The van der Waals surface area contributed by atoms with Crippen molar-refractivity contribution in [3.63, 3.8) is 0 Å². The zero-order valence-electron chi connectivity index (χ0n) is 16.2. The van der Waals surface area contributed by atoms with Gasteiger partial charge in [0.1, 0.15) is 29.8 Å². The van der Waals surface area contributed by atoms with E-state index in [1.165, 1.54) is 10.2 Å². The topological polar surface area (TPSA) is 90.4 Å². The molecule has 2 rings (SSSR count). The maximum Gasteiger partial charge on any atom is 0.312 e. The number of hydrogen-bond donors (Lipinski definition) is 1. The predicted octanol–water partition coefficient (Wildman–Crippen LogP) is 3.45. The third kappa shape index (κ3) is 4.40. The number of aryl methyl sites for hydroxylation is 2. The molecule has 1 N–H and O–H groups in total. The van der Waals surface area contributed by atoms with E-state index >= 15 is 0 Å². The smallest absolute Gasteiger partial charge is 0.312 e. The lowest BCUT2D eigenvalue weighted by molar-refractivity contribution is -0.386. The molecule has 0 unspecified atom stereocenters. The number of nitrogens with zero attached hydrogens (tertiary/aromatic N) is 3. The molecule has 0 saturated heterocycles. The van der Waals surface area contributed by atoms with E-state index in [1.54, 1.807) is 13.8 Å². The van der Waals surface area contributed by atoms with Crippen LogP contribution in [0.4, 0.5) is 5.69 Å². The summed E-state index contributed by atoms with van der Waals surface area (Å²) in [4.78, 5) is 10.6. The Labute approximate surface area is 153 Å². The number of rotatable bonds is 6. The van der Waals surface area contributed by atoms with E-state index in [0.29, 0.717) is 11.4 Å². The summed E-state index contributed by atoms with van der Waals surface area (Å²) in [5, 5.41) is 25.4. The Hall–Kier alpha value is -2.41. The first-order valence-corrected chi connectivity index (χ1v) is 8.61. The Balaban J connectivity index is 2.03. The summed E-state index contributed by atoms with van der Waals surface area (Å²) in [5.41, 5.74) is 3.05. The van der Waals surface area contributed by atoms with Gasteiger partial charge in [-0.05, 0) is 43.4 Å². The van der Waals surface area contributed by atoms with E-state index in [0.717, 1.165) is 11.3 Å². The number of benzene rings is 1. The molecule has 142 valence electrons. The minimum absolute atomic E-state index is 0.00766. The highest BCUT2D eigenvalue weighted by Gasteiger charge is 2.23. The molecular weight excluding hydrogens is 334 g/mol. The molecule has 1 aromatic heterocycles. The van der Waals surface area contributed by atoms with Gasteiger partial charge in [0.2, 0.25) is 0 Å². The molecule has 0 fully saturated rings. The quantitative estimate of drug-likeness (QED) is 0.628. The molecule has 0 aliphatic carbocycles. The zero-order valence-corrected chi connectivity index (χ0v) is 16.2. The van der Waals surface area contributed by atoms with Crippen molar-refractivity contribution in [3.8, 4) is 5.75 Å². The summed E-state index contributed by atoms with van der Waals surface area (Å²) >= 11 is 0. The highest BCUT2D eigenvalue weighted by atomic mass is 16.6. The van der Waals surface area contributed by atoms with Crippen LogP contribution in [0.1, 0.15) is 43.3 Å². The van der Waals surface area contributed by atoms with Gasteiger partial charge in [-0.2, -0.15) is 5.10 Å². The summed E-state index contributed by atoms with van der Waals surface area (Å²) in [6.07, 6.45) is -0.825. The van der Waals surface area contributed by atoms with Gasteiger partial charge in [-0.15, -0.1) is 0 Å². The molecular formula is C19H27N3O4. The molecule has 0 radical (unpaired) electrons. The Morgan fingerprint density at radius 3 is 2.46 bits per heavy atom. The molecule has 0 amide bonds. The third-order valence-electron chi connectivity index (χ3n) is 4.38. The van der Waals surface area contributed by atoms with Crippen LogP contribution in [0, 0.1) is 30.9 Å². The minimum atomic E-state index is -0.825. The van der Waals surface area contributed by atoms with E-state index in [1.807, 2.05) is 19.1 Å². The highest BCUT2D eigenvalue weighted by molar-refractivity contribution is 5.40. The van der Waals surface area contributed by atoms with Gasteiger partial charge < -0.3 is 9.84 Å². The van der Waals surface area contributed by atoms with Crippen LogP contribution in [-0.2, 0) is 12.0 Å². The summed E-state index contributed by atoms with van der Waals surface area (Å²) in [5.74, 6) is 0.719. The molecule has 7 nitrogen and oxygen atoms in total. The summed E-state index contributed by atoms with van der Waals surface area (Å²) in [7, 11) is 0. The first kappa shape index (κ1) is 19.9. The molecule has 0 aliphatic rings. The summed E-state index contributed by atoms with van der Waals surface area (Å²) in [6.45, 7) is 11.9. The van der Waals surface area contributed by atoms with E-state index in [-0.39, 0.29) is 24.3 Å². The number of hydrogen-bond acceptors (Lipinski definition) is 5. The number of aliphatic hydroxyl groups excluding tert-OH is 1. The van der Waals surface area contributed by atoms with Crippen LogP contribution in [0.3, 0.4) is 0 Å². The number of aliphatic hydroxyl groups is 1. The molecule has 1 aromatic carbocycles. The molecule has 0 saturated carbocycles. The maximum atomic E-state index is 11.1. The van der Waals surface area contributed by atoms with Gasteiger partial charge in [0.25, 0.3) is 0 Å². The van der Waals surface area contributed by atoms with Gasteiger partial charge in [0.15, 0.2) is 0 Å². The van der Waals surface area contributed by atoms with Crippen molar-refractivity contribution in [2.24, 2.45) is 0 Å². The zero-order chi connectivity index (χ0) is 19.6. The second kappa shape index (κ2) is 7.45. The van der Waals surface area contributed by atoms with Gasteiger partial charge in [-0.1, -0.05) is 32.9 Å². The molecule has 2 aromatic rings. The normalized spacial score (nSPS) is 12.9. The van der Waals surface area contributed by atoms with E-state index < -0.39 is 11.0 Å².